The van der Waals surface area contributed by atoms with Crippen LogP contribution in [0.2, 0.25) is 0 Å². The van der Waals surface area contributed by atoms with Crippen molar-refractivity contribution in [3.8, 4) is 0 Å². The van der Waals surface area contributed by atoms with Crippen LogP contribution in [0.3, 0.4) is 0 Å². The van der Waals surface area contributed by atoms with Crippen LogP contribution in [0.4, 0.5) is 5.69 Å². The first-order chi connectivity index (χ1) is 16.6. The van der Waals surface area contributed by atoms with Gasteiger partial charge < -0.3 is 15.2 Å². The molecule has 1 saturated heterocycles. The summed E-state index contributed by atoms with van der Waals surface area (Å²) < 4.78 is 1.90. The predicted octanol–water partition coefficient (Wildman–Crippen LogP) is 4.22. The van der Waals surface area contributed by atoms with Crippen molar-refractivity contribution >= 4 is 51.8 Å². The highest BCUT2D eigenvalue weighted by molar-refractivity contribution is 7.80. The lowest BCUT2D eigenvalue weighted by Crippen LogP contribution is -2.30. The first-order valence-electron chi connectivity index (χ1n) is 10.9. The van der Waals surface area contributed by atoms with Crippen molar-refractivity contribution < 1.29 is 9.59 Å². The number of hydrogen-bond donors (Lipinski definition) is 2. The standard InChI is InChI=1S/C27H22N4O2S/c32-25(28-16-19-9-3-1-4-10-19)18-30-17-20(22-13-7-8-14-24(22)30)15-23-26(33)31(27(34)29-23)21-11-5-2-6-12-21/h1-15,17H,16,18H2,(H,28,32)(H,29,34). The minimum Gasteiger partial charge on any atom is -0.350 e. The molecule has 1 fully saturated rings. The maximum Gasteiger partial charge on any atom is 0.281 e. The van der Waals surface area contributed by atoms with Crippen molar-refractivity contribution in [2.24, 2.45) is 0 Å². The number of fused-ring (bicyclic) bond motifs is 1. The Kier molecular flexibility index (Phi) is 5.93. The van der Waals surface area contributed by atoms with E-state index in [9.17, 15) is 9.59 Å². The third kappa shape index (κ3) is 4.33. The molecule has 1 aliphatic heterocycles. The second-order valence-corrected chi connectivity index (χ2v) is 8.34. The van der Waals surface area contributed by atoms with Crippen molar-refractivity contribution in [3.05, 3.63) is 108 Å². The van der Waals surface area contributed by atoms with Crippen LogP contribution in [-0.2, 0) is 22.7 Å². The van der Waals surface area contributed by atoms with Crippen LogP contribution in [0.1, 0.15) is 11.1 Å². The van der Waals surface area contributed by atoms with Gasteiger partial charge in [0.1, 0.15) is 12.2 Å². The normalized spacial score (nSPS) is 14.6. The third-order valence-electron chi connectivity index (χ3n) is 5.66. The lowest BCUT2D eigenvalue weighted by atomic mass is 10.1. The number of nitrogens with zero attached hydrogens (tertiary/aromatic N) is 2. The average Bonchev–Trinajstić information content (AvgIpc) is 3.35. The second kappa shape index (κ2) is 9.33. The molecule has 5 rings (SSSR count). The second-order valence-electron chi connectivity index (χ2n) is 7.96. The Morgan fingerprint density at radius 3 is 2.38 bits per heavy atom. The van der Waals surface area contributed by atoms with Crippen molar-refractivity contribution in [2.45, 2.75) is 13.1 Å². The number of anilines is 1. The number of hydrogen-bond acceptors (Lipinski definition) is 3. The molecule has 1 aliphatic rings. The van der Waals surface area contributed by atoms with Gasteiger partial charge in [0.2, 0.25) is 5.91 Å². The van der Waals surface area contributed by atoms with Gasteiger partial charge in [0.15, 0.2) is 5.11 Å². The molecular weight excluding hydrogens is 444 g/mol. The molecule has 3 aromatic carbocycles. The van der Waals surface area contributed by atoms with E-state index in [0.717, 1.165) is 22.0 Å². The van der Waals surface area contributed by atoms with Gasteiger partial charge in [-0.15, -0.1) is 0 Å². The third-order valence-corrected chi connectivity index (χ3v) is 5.94. The van der Waals surface area contributed by atoms with E-state index < -0.39 is 0 Å². The summed E-state index contributed by atoms with van der Waals surface area (Å²) in [5.74, 6) is -0.302. The Balaban J connectivity index is 1.39. The number of amides is 2. The summed E-state index contributed by atoms with van der Waals surface area (Å²) in [4.78, 5) is 27.2. The lowest BCUT2D eigenvalue weighted by molar-refractivity contribution is -0.121. The quantitative estimate of drug-likeness (QED) is 0.330. The number of benzene rings is 3. The molecule has 0 unspecified atom stereocenters. The highest BCUT2D eigenvalue weighted by atomic mass is 32.1. The summed E-state index contributed by atoms with van der Waals surface area (Å²) in [6.45, 7) is 0.646. The molecule has 0 bridgehead atoms. The van der Waals surface area contributed by atoms with Crippen molar-refractivity contribution in [1.82, 2.24) is 15.2 Å². The summed E-state index contributed by atoms with van der Waals surface area (Å²) in [7, 11) is 0. The van der Waals surface area contributed by atoms with E-state index in [1.807, 2.05) is 95.7 Å². The molecule has 34 heavy (non-hydrogen) atoms. The van der Waals surface area contributed by atoms with Gasteiger partial charge in [-0.1, -0.05) is 66.7 Å². The molecule has 7 heteroatoms. The molecule has 1 aromatic heterocycles. The summed E-state index contributed by atoms with van der Waals surface area (Å²) in [6, 6.07) is 26.9. The van der Waals surface area contributed by atoms with E-state index in [1.165, 1.54) is 4.90 Å². The number of para-hydroxylation sites is 2. The van der Waals surface area contributed by atoms with E-state index in [4.69, 9.17) is 12.2 Å². The molecule has 0 aliphatic carbocycles. The van der Waals surface area contributed by atoms with Crippen LogP contribution < -0.4 is 15.5 Å². The summed E-state index contributed by atoms with van der Waals surface area (Å²) >= 11 is 5.42. The van der Waals surface area contributed by atoms with Crippen LogP contribution in [-0.4, -0.2) is 21.5 Å². The smallest absolute Gasteiger partial charge is 0.281 e. The van der Waals surface area contributed by atoms with Gasteiger partial charge >= 0.3 is 0 Å². The van der Waals surface area contributed by atoms with Gasteiger partial charge in [0.25, 0.3) is 5.91 Å². The van der Waals surface area contributed by atoms with Gasteiger partial charge in [-0.05, 0) is 42.1 Å². The maximum absolute atomic E-state index is 13.1. The molecule has 2 amide bonds. The number of carbonyl (C=O) groups excluding carboxylic acids is 2. The van der Waals surface area contributed by atoms with E-state index >= 15 is 0 Å². The molecule has 0 atom stereocenters. The molecule has 4 aromatic rings. The molecule has 2 heterocycles. The fraction of sp³-hybridized carbons (Fsp3) is 0.0741. The number of rotatable bonds is 6. The van der Waals surface area contributed by atoms with Crippen LogP contribution >= 0.6 is 12.2 Å². The zero-order valence-corrected chi connectivity index (χ0v) is 19.1. The minimum absolute atomic E-state index is 0.0877. The fourth-order valence-electron chi connectivity index (χ4n) is 4.03. The number of nitrogens with one attached hydrogen (secondary N) is 2. The number of aromatic nitrogens is 1. The van der Waals surface area contributed by atoms with Gasteiger partial charge in [-0.3, -0.25) is 14.5 Å². The summed E-state index contributed by atoms with van der Waals surface area (Å²) in [6.07, 6.45) is 3.68. The summed E-state index contributed by atoms with van der Waals surface area (Å²) in [5, 5.41) is 7.29. The van der Waals surface area contributed by atoms with E-state index in [2.05, 4.69) is 10.6 Å². The Labute approximate surface area is 202 Å². The van der Waals surface area contributed by atoms with Gasteiger partial charge in [-0.25, -0.2) is 0 Å². The van der Waals surface area contributed by atoms with Crippen LogP contribution in [0.15, 0.2) is 96.8 Å². The number of carbonyl (C=O) groups is 2. The highest BCUT2D eigenvalue weighted by Gasteiger charge is 2.32. The van der Waals surface area contributed by atoms with Crippen LogP contribution in [0.25, 0.3) is 17.0 Å². The predicted molar refractivity (Wildman–Crippen MR) is 138 cm³/mol. The first-order valence-corrected chi connectivity index (χ1v) is 11.3. The topological polar surface area (TPSA) is 66.4 Å². The first kappa shape index (κ1) is 21.6. The van der Waals surface area contributed by atoms with Crippen LogP contribution in [0.5, 0.6) is 0 Å². The van der Waals surface area contributed by atoms with E-state index in [0.29, 0.717) is 23.0 Å². The highest BCUT2D eigenvalue weighted by Crippen LogP contribution is 2.26. The Hall–Kier alpha value is -4.23. The lowest BCUT2D eigenvalue weighted by Gasteiger charge is -2.13. The maximum atomic E-state index is 13.1. The van der Waals surface area contributed by atoms with Crippen LogP contribution in [0, 0.1) is 0 Å². The molecule has 0 spiro atoms. The Morgan fingerprint density at radius 2 is 1.62 bits per heavy atom. The average molecular weight is 467 g/mol. The number of thiocarbonyl (C=S) groups is 1. The Morgan fingerprint density at radius 1 is 0.941 bits per heavy atom. The molecular formula is C27H22N4O2S. The molecule has 6 nitrogen and oxygen atoms in total. The van der Waals surface area contributed by atoms with Crippen molar-refractivity contribution in [3.63, 3.8) is 0 Å². The monoisotopic (exact) mass is 466 g/mol. The minimum atomic E-state index is -0.214. The Bertz CT molecular complexity index is 1410. The largest absolute Gasteiger partial charge is 0.350 e. The molecule has 0 radical (unpaired) electrons. The molecule has 0 saturated carbocycles. The van der Waals surface area contributed by atoms with Gasteiger partial charge in [0, 0.05) is 29.2 Å². The fourth-order valence-corrected chi connectivity index (χ4v) is 4.33. The molecule has 2 N–H and O–H groups in total. The van der Waals surface area contributed by atoms with Crippen molar-refractivity contribution in [2.75, 3.05) is 4.90 Å². The zero-order valence-electron chi connectivity index (χ0n) is 18.3. The zero-order chi connectivity index (χ0) is 23.5. The van der Waals surface area contributed by atoms with E-state index in [-0.39, 0.29) is 18.4 Å². The SMILES string of the molecule is O=C(Cn1cc(C=C2NC(=S)N(c3ccccc3)C2=O)c2ccccc21)NCc1ccccc1. The molecule has 168 valence electrons. The van der Waals surface area contributed by atoms with Gasteiger partial charge in [-0.2, -0.15) is 0 Å². The van der Waals surface area contributed by atoms with Gasteiger partial charge in [0.05, 0.1) is 5.69 Å². The van der Waals surface area contributed by atoms with E-state index in [1.54, 1.807) is 6.08 Å². The van der Waals surface area contributed by atoms with Crippen molar-refractivity contribution in [1.29, 1.82) is 0 Å². The summed E-state index contributed by atoms with van der Waals surface area (Å²) in [5.41, 5.74) is 3.90.